The Morgan fingerprint density at radius 3 is 2.37 bits per heavy atom. The van der Waals surface area contributed by atoms with E-state index in [4.69, 9.17) is 0 Å². The minimum absolute atomic E-state index is 0.142. The Labute approximate surface area is 204 Å². The van der Waals surface area contributed by atoms with Crippen LogP contribution < -0.4 is 5.32 Å². The zero-order chi connectivity index (χ0) is 25.0. The zero-order valence-electron chi connectivity index (χ0n) is 19.5. The van der Waals surface area contributed by atoms with Crippen LogP contribution in [0.3, 0.4) is 0 Å². The largest absolute Gasteiger partial charge is 0.306 e. The van der Waals surface area contributed by atoms with E-state index in [1.807, 2.05) is 32.0 Å². The second kappa shape index (κ2) is 8.58. The van der Waals surface area contributed by atoms with Crippen LogP contribution >= 0.6 is 0 Å². The Morgan fingerprint density at radius 2 is 1.69 bits per heavy atom. The first-order valence-electron chi connectivity index (χ1n) is 11.4. The number of benzene rings is 2. The van der Waals surface area contributed by atoms with E-state index in [1.165, 1.54) is 28.6 Å². The maximum absolute atomic E-state index is 13.2. The van der Waals surface area contributed by atoms with Crippen LogP contribution in [0, 0.1) is 13.8 Å². The number of hydrogen-bond acceptors (Lipinski definition) is 6. The number of amides is 1. The molecule has 0 unspecified atom stereocenters. The molecule has 3 aromatic rings. The predicted octanol–water partition coefficient (Wildman–Crippen LogP) is 2.95. The number of sulfone groups is 1. The molecule has 184 valence electrons. The van der Waals surface area contributed by atoms with Crippen LogP contribution in [-0.2, 0) is 31.4 Å². The molecule has 2 aromatic carbocycles. The number of carbonyl (C=O) groups is 1. The number of nitrogens with one attached hydrogen (secondary N) is 1. The molecule has 0 bridgehead atoms. The van der Waals surface area contributed by atoms with Crippen LogP contribution in [0.25, 0.3) is 5.69 Å². The van der Waals surface area contributed by atoms with Gasteiger partial charge in [-0.15, -0.1) is 0 Å². The smallest absolute Gasteiger partial charge is 0.256 e. The molecule has 35 heavy (non-hydrogen) atoms. The molecule has 2 aliphatic rings. The van der Waals surface area contributed by atoms with Crippen molar-refractivity contribution in [1.29, 1.82) is 0 Å². The van der Waals surface area contributed by atoms with Crippen molar-refractivity contribution >= 4 is 31.6 Å². The summed E-state index contributed by atoms with van der Waals surface area (Å²) in [5.41, 5.74) is 3.91. The molecule has 2 aliphatic heterocycles. The zero-order valence-corrected chi connectivity index (χ0v) is 21.1. The first kappa shape index (κ1) is 23.7. The van der Waals surface area contributed by atoms with E-state index in [1.54, 1.807) is 4.68 Å². The van der Waals surface area contributed by atoms with Crippen LogP contribution in [0.4, 0.5) is 5.82 Å². The molecule has 1 N–H and O–H groups in total. The van der Waals surface area contributed by atoms with Gasteiger partial charge in [-0.3, -0.25) is 4.79 Å². The molecule has 1 amide bonds. The number of carbonyl (C=O) groups excluding carboxylic acids is 1. The lowest BCUT2D eigenvalue weighted by Crippen LogP contribution is -2.27. The highest BCUT2D eigenvalue weighted by atomic mass is 32.2. The third kappa shape index (κ3) is 4.28. The molecule has 5 rings (SSSR count). The van der Waals surface area contributed by atoms with Gasteiger partial charge in [-0.2, -0.15) is 9.40 Å². The molecule has 1 fully saturated rings. The van der Waals surface area contributed by atoms with Gasteiger partial charge in [0.15, 0.2) is 9.84 Å². The average molecular weight is 515 g/mol. The van der Waals surface area contributed by atoms with E-state index < -0.39 is 25.8 Å². The molecular formula is C24H26N4O5S2. The van der Waals surface area contributed by atoms with Crippen molar-refractivity contribution in [3.63, 3.8) is 0 Å². The Morgan fingerprint density at radius 1 is 1.00 bits per heavy atom. The predicted molar refractivity (Wildman–Crippen MR) is 132 cm³/mol. The number of sulfonamides is 1. The summed E-state index contributed by atoms with van der Waals surface area (Å²) in [6.45, 7) is 4.91. The third-order valence-corrected chi connectivity index (χ3v) is 10.00. The lowest BCUT2D eigenvalue weighted by molar-refractivity contribution is 0.102. The summed E-state index contributed by atoms with van der Waals surface area (Å²) in [5.74, 6) is -0.538. The van der Waals surface area contributed by atoms with Gasteiger partial charge in [0.2, 0.25) is 10.0 Å². The summed E-state index contributed by atoms with van der Waals surface area (Å²) in [6.07, 6.45) is 1.68. The van der Waals surface area contributed by atoms with Crippen molar-refractivity contribution in [2.45, 2.75) is 43.1 Å². The average Bonchev–Trinajstić information content (AvgIpc) is 3.52. The molecule has 11 heteroatoms. The number of hydrogen-bond donors (Lipinski definition) is 1. The summed E-state index contributed by atoms with van der Waals surface area (Å²) in [5, 5.41) is 7.37. The van der Waals surface area contributed by atoms with E-state index in [0.29, 0.717) is 30.2 Å². The summed E-state index contributed by atoms with van der Waals surface area (Å²) >= 11 is 0. The van der Waals surface area contributed by atoms with Crippen LogP contribution in [0.2, 0.25) is 0 Å². The minimum atomic E-state index is -3.58. The van der Waals surface area contributed by atoms with Crippen molar-refractivity contribution in [2.24, 2.45) is 0 Å². The van der Waals surface area contributed by atoms with Crippen LogP contribution in [0.5, 0.6) is 0 Å². The highest BCUT2D eigenvalue weighted by Gasteiger charge is 2.34. The van der Waals surface area contributed by atoms with Crippen LogP contribution in [-0.4, -0.2) is 49.9 Å². The Hall–Kier alpha value is -3.02. The van der Waals surface area contributed by atoms with Gasteiger partial charge in [0.05, 0.1) is 27.8 Å². The molecular weight excluding hydrogens is 488 g/mol. The van der Waals surface area contributed by atoms with Crippen molar-refractivity contribution in [2.75, 3.05) is 18.4 Å². The Bertz CT molecular complexity index is 1540. The van der Waals surface area contributed by atoms with Crippen LogP contribution in [0.15, 0.2) is 47.4 Å². The minimum Gasteiger partial charge on any atom is -0.306 e. The van der Waals surface area contributed by atoms with Gasteiger partial charge in [-0.25, -0.2) is 21.5 Å². The SMILES string of the molecule is Cc1cccc(-n2nc3c(c2NC(=O)c2ccc(S(=O)(=O)N4CCCC4)cc2)CS(=O)(=O)C3)c1C. The fourth-order valence-corrected chi connectivity index (χ4v) is 7.56. The first-order chi connectivity index (χ1) is 16.6. The van der Waals surface area contributed by atoms with Gasteiger partial charge in [0.25, 0.3) is 5.91 Å². The molecule has 0 radical (unpaired) electrons. The van der Waals surface area contributed by atoms with E-state index in [0.717, 1.165) is 29.7 Å². The molecule has 1 aromatic heterocycles. The van der Waals surface area contributed by atoms with E-state index >= 15 is 0 Å². The molecule has 9 nitrogen and oxygen atoms in total. The molecule has 0 aliphatic carbocycles. The Balaban J connectivity index is 1.48. The molecule has 0 saturated carbocycles. The van der Waals surface area contributed by atoms with Gasteiger partial charge >= 0.3 is 0 Å². The van der Waals surface area contributed by atoms with E-state index in [2.05, 4.69) is 10.4 Å². The van der Waals surface area contributed by atoms with Crippen molar-refractivity contribution < 1.29 is 21.6 Å². The summed E-state index contributed by atoms with van der Waals surface area (Å²) in [6, 6.07) is 11.5. The highest BCUT2D eigenvalue weighted by molar-refractivity contribution is 7.90. The monoisotopic (exact) mass is 514 g/mol. The summed E-state index contributed by atoms with van der Waals surface area (Å²) < 4.78 is 53.1. The van der Waals surface area contributed by atoms with Gasteiger partial charge < -0.3 is 5.32 Å². The number of aryl methyl sites for hydroxylation is 1. The topological polar surface area (TPSA) is 118 Å². The highest BCUT2D eigenvalue weighted by Crippen LogP contribution is 2.34. The number of nitrogens with zero attached hydrogens (tertiary/aromatic N) is 3. The second-order valence-electron chi connectivity index (χ2n) is 9.03. The first-order valence-corrected chi connectivity index (χ1v) is 14.6. The fourth-order valence-electron chi connectivity index (χ4n) is 4.55. The van der Waals surface area contributed by atoms with Gasteiger partial charge in [-0.1, -0.05) is 12.1 Å². The maximum Gasteiger partial charge on any atom is 0.256 e. The lowest BCUT2D eigenvalue weighted by Gasteiger charge is -2.16. The van der Waals surface area contributed by atoms with Crippen LogP contribution in [0.1, 0.15) is 45.6 Å². The summed E-state index contributed by atoms with van der Waals surface area (Å²) in [7, 11) is -6.91. The van der Waals surface area contributed by atoms with E-state index in [9.17, 15) is 21.6 Å². The molecule has 0 atom stereocenters. The number of aromatic nitrogens is 2. The third-order valence-electron chi connectivity index (χ3n) is 6.64. The normalized spacial score (nSPS) is 17.4. The lowest BCUT2D eigenvalue weighted by atomic mass is 10.1. The maximum atomic E-state index is 13.2. The molecule has 1 saturated heterocycles. The summed E-state index contributed by atoms with van der Waals surface area (Å²) in [4.78, 5) is 13.3. The van der Waals surface area contributed by atoms with Crippen molar-refractivity contribution in [1.82, 2.24) is 14.1 Å². The second-order valence-corrected chi connectivity index (χ2v) is 13.0. The Kier molecular flexibility index (Phi) is 5.81. The van der Waals surface area contributed by atoms with Gasteiger partial charge in [-0.05, 0) is 68.1 Å². The molecule has 0 spiro atoms. The number of fused-ring (bicyclic) bond motifs is 1. The van der Waals surface area contributed by atoms with Gasteiger partial charge in [0.1, 0.15) is 5.82 Å². The standard InChI is InChI=1S/C24H26N4O5S2/c1-16-6-5-7-22(17(16)2)28-23(20-14-34(30,31)15-21(20)26-28)25-24(29)18-8-10-19(11-9-18)35(32,33)27-12-3-4-13-27/h5-11H,3-4,12-15H2,1-2H3,(H,25,29). The quantitative estimate of drug-likeness (QED) is 0.559. The fraction of sp³-hybridized carbons (Fsp3) is 0.333. The number of rotatable bonds is 5. The molecule has 3 heterocycles. The van der Waals surface area contributed by atoms with Gasteiger partial charge in [0, 0.05) is 24.2 Å². The van der Waals surface area contributed by atoms with Crippen molar-refractivity contribution in [3.8, 4) is 5.69 Å². The van der Waals surface area contributed by atoms with E-state index in [-0.39, 0.29) is 22.0 Å². The number of anilines is 1. The van der Waals surface area contributed by atoms with Crippen molar-refractivity contribution in [3.05, 3.63) is 70.4 Å².